The SMILES string of the molecule is CC=CCCCC=CCC=CCCC. The van der Waals surface area contributed by atoms with E-state index in [2.05, 4.69) is 50.3 Å². The minimum absolute atomic E-state index is 1.10. The first-order valence-corrected chi connectivity index (χ1v) is 5.83. The molecule has 0 heteroatoms. The Kier molecular flexibility index (Phi) is 11.5. The molecule has 0 spiro atoms. The van der Waals surface area contributed by atoms with Crippen LogP contribution < -0.4 is 0 Å². The smallest absolute Gasteiger partial charge is 0.0169 e. The molecule has 0 rings (SSSR count). The molecule has 0 unspecified atom stereocenters. The lowest BCUT2D eigenvalue weighted by molar-refractivity contribution is 0.865. The Hall–Kier alpha value is -0.780. The Morgan fingerprint density at radius 3 is 2.07 bits per heavy atom. The highest BCUT2D eigenvalue weighted by atomic mass is 13.9. The van der Waals surface area contributed by atoms with Crippen LogP contribution in [0.25, 0.3) is 0 Å². The molecule has 0 amide bonds. The molecule has 0 heterocycles. The van der Waals surface area contributed by atoms with E-state index in [1.54, 1.807) is 0 Å². The second kappa shape index (κ2) is 12.2. The van der Waals surface area contributed by atoms with E-state index in [9.17, 15) is 0 Å². The molecule has 0 atom stereocenters. The highest BCUT2D eigenvalue weighted by Crippen LogP contribution is 1.99. The summed E-state index contributed by atoms with van der Waals surface area (Å²) >= 11 is 0. The number of allylic oxidation sites excluding steroid dienone is 6. The number of hydrogen-bond donors (Lipinski definition) is 0. The monoisotopic (exact) mass is 192 g/mol. The van der Waals surface area contributed by atoms with Gasteiger partial charge in [-0.25, -0.2) is 0 Å². The van der Waals surface area contributed by atoms with Crippen LogP contribution in [0.15, 0.2) is 36.5 Å². The first-order chi connectivity index (χ1) is 6.91. The average molecular weight is 192 g/mol. The van der Waals surface area contributed by atoms with Gasteiger partial charge in [-0.1, -0.05) is 49.8 Å². The van der Waals surface area contributed by atoms with E-state index in [-0.39, 0.29) is 0 Å². The molecule has 0 aliphatic heterocycles. The Bertz CT molecular complexity index is 172. The molecule has 0 fully saturated rings. The Balaban J connectivity index is 3.19. The van der Waals surface area contributed by atoms with E-state index in [4.69, 9.17) is 0 Å². The molecule has 0 saturated carbocycles. The number of unbranched alkanes of at least 4 members (excludes halogenated alkanes) is 3. The summed E-state index contributed by atoms with van der Waals surface area (Å²) in [6.45, 7) is 4.29. The summed E-state index contributed by atoms with van der Waals surface area (Å²) in [5.74, 6) is 0. The highest BCUT2D eigenvalue weighted by Gasteiger charge is 1.79. The van der Waals surface area contributed by atoms with Crippen LogP contribution in [-0.4, -0.2) is 0 Å². The minimum Gasteiger partial charge on any atom is -0.0917 e. The van der Waals surface area contributed by atoms with Crippen molar-refractivity contribution in [1.29, 1.82) is 0 Å². The van der Waals surface area contributed by atoms with Crippen molar-refractivity contribution >= 4 is 0 Å². The van der Waals surface area contributed by atoms with Gasteiger partial charge in [-0.15, -0.1) is 0 Å². The molecular weight excluding hydrogens is 168 g/mol. The third-order valence-corrected chi connectivity index (χ3v) is 2.04. The standard InChI is InChI=1S/C14H24/c1-3-5-7-9-11-13-14-12-10-8-6-4-2/h3,5,8,10,13-14H,4,6-7,9,11-12H2,1-2H3. The summed E-state index contributed by atoms with van der Waals surface area (Å²) in [6, 6.07) is 0. The van der Waals surface area contributed by atoms with Gasteiger partial charge in [0.05, 0.1) is 0 Å². The Labute approximate surface area is 89.4 Å². The van der Waals surface area contributed by atoms with Crippen molar-refractivity contribution in [2.24, 2.45) is 0 Å². The molecule has 0 aliphatic rings. The quantitative estimate of drug-likeness (QED) is 0.373. The number of hydrogen-bond acceptors (Lipinski definition) is 0. The minimum atomic E-state index is 1.10. The summed E-state index contributed by atoms with van der Waals surface area (Å²) in [5, 5.41) is 0. The van der Waals surface area contributed by atoms with Crippen molar-refractivity contribution in [1.82, 2.24) is 0 Å². The predicted molar refractivity (Wildman–Crippen MR) is 66.5 cm³/mol. The second-order valence-electron chi connectivity index (χ2n) is 3.47. The fourth-order valence-corrected chi connectivity index (χ4v) is 1.19. The second-order valence-corrected chi connectivity index (χ2v) is 3.47. The van der Waals surface area contributed by atoms with Gasteiger partial charge in [0.1, 0.15) is 0 Å². The molecule has 0 nitrogen and oxygen atoms in total. The van der Waals surface area contributed by atoms with E-state index in [0.29, 0.717) is 0 Å². The maximum Gasteiger partial charge on any atom is -0.0169 e. The van der Waals surface area contributed by atoms with Crippen molar-refractivity contribution in [3.8, 4) is 0 Å². The van der Waals surface area contributed by atoms with Crippen molar-refractivity contribution in [2.45, 2.75) is 52.4 Å². The van der Waals surface area contributed by atoms with E-state index >= 15 is 0 Å². The van der Waals surface area contributed by atoms with Crippen molar-refractivity contribution in [3.05, 3.63) is 36.5 Å². The summed E-state index contributed by atoms with van der Waals surface area (Å²) in [4.78, 5) is 0. The van der Waals surface area contributed by atoms with Gasteiger partial charge in [-0.2, -0.15) is 0 Å². The lowest BCUT2D eigenvalue weighted by Gasteiger charge is -1.89. The summed E-state index contributed by atoms with van der Waals surface area (Å²) in [7, 11) is 0. The molecule has 0 aromatic rings. The molecule has 0 saturated heterocycles. The molecule has 0 aliphatic carbocycles. The van der Waals surface area contributed by atoms with Crippen molar-refractivity contribution < 1.29 is 0 Å². The lowest BCUT2D eigenvalue weighted by atomic mass is 10.2. The van der Waals surface area contributed by atoms with Crippen molar-refractivity contribution in [3.63, 3.8) is 0 Å². The van der Waals surface area contributed by atoms with E-state index < -0.39 is 0 Å². The third kappa shape index (κ3) is 11.2. The molecular formula is C14H24. The van der Waals surface area contributed by atoms with Gasteiger partial charge in [0, 0.05) is 0 Å². The molecule has 0 radical (unpaired) electrons. The van der Waals surface area contributed by atoms with Crippen LogP contribution in [0.3, 0.4) is 0 Å². The van der Waals surface area contributed by atoms with Crippen LogP contribution in [-0.2, 0) is 0 Å². The van der Waals surface area contributed by atoms with Gasteiger partial charge >= 0.3 is 0 Å². The molecule has 0 aromatic heterocycles. The summed E-state index contributed by atoms with van der Waals surface area (Å²) in [5.41, 5.74) is 0. The van der Waals surface area contributed by atoms with Crippen LogP contribution in [0, 0.1) is 0 Å². The molecule has 14 heavy (non-hydrogen) atoms. The molecule has 80 valence electrons. The van der Waals surface area contributed by atoms with Gasteiger partial charge in [-0.05, 0) is 39.0 Å². The van der Waals surface area contributed by atoms with Crippen LogP contribution in [0.4, 0.5) is 0 Å². The van der Waals surface area contributed by atoms with Gasteiger partial charge in [-0.3, -0.25) is 0 Å². The predicted octanol–water partition coefficient (Wildman–Crippen LogP) is 5.04. The summed E-state index contributed by atoms with van der Waals surface area (Å²) < 4.78 is 0. The normalized spacial score (nSPS) is 12.4. The Morgan fingerprint density at radius 2 is 1.43 bits per heavy atom. The molecule has 0 aromatic carbocycles. The van der Waals surface area contributed by atoms with Crippen LogP contribution in [0.2, 0.25) is 0 Å². The zero-order chi connectivity index (χ0) is 10.5. The van der Waals surface area contributed by atoms with E-state index in [0.717, 1.165) is 6.42 Å². The number of rotatable bonds is 8. The van der Waals surface area contributed by atoms with E-state index in [1.165, 1.54) is 32.1 Å². The fraction of sp³-hybridized carbons (Fsp3) is 0.571. The first kappa shape index (κ1) is 13.2. The van der Waals surface area contributed by atoms with Gasteiger partial charge in [0.15, 0.2) is 0 Å². The molecule has 0 bridgehead atoms. The highest BCUT2D eigenvalue weighted by molar-refractivity contribution is 4.92. The van der Waals surface area contributed by atoms with Crippen molar-refractivity contribution in [2.75, 3.05) is 0 Å². The summed E-state index contributed by atoms with van der Waals surface area (Å²) in [6.07, 6.45) is 20.7. The maximum absolute atomic E-state index is 2.29. The van der Waals surface area contributed by atoms with Crippen LogP contribution in [0.1, 0.15) is 52.4 Å². The zero-order valence-corrected chi connectivity index (χ0v) is 9.71. The zero-order valence-electron chi connectivity index (χ0n) is 9.71. The largest absolute Gasteiger partial charge is 0.0917 e. The topological polar surface area (TPSA) is 0 Å². The lowest BCUT2D eigenvalue weighted by Crippen LogP contribution is -1.69. The van der Waals surface area contributed by atoms with Gasteiger partial charge in [0.25, 0.3) is 0 Å². The van der Waals surface area contributed by atoms with Crippen LogP contribution >= 0.6 is 0 Å². The first-order valence-electron chi connectivity index (χ1n) is 5.83. The fourth-order valence-electron chi connectivity index (χ4n) is 1.19. The third-order valence-electron chi connectivity index (χ3n) is 2.04. The van der Waals surface area contributed by atoms with E-state index in [1.807, 2.05) is 0 Å². The average Bonchev–Trinajstić information content (AvgIpc) is 2.21. The van der Waals surface area contributed by atoms with Gasteiger partial charge < -0.3 is 0 Å². The van der Waals surface area contributed by atoms with Crippen LogP contribution in [0.5, 0.6) is 0 Å². The van der Waals surface area contributed by atoms with Gasteiger partial charge in [0.2, 0.25) is 0 Å². The Morgan fingerprint density at radius 1 is 0.786 bits per heavy atom. The maximum atomic E-state index is 2.29. The molecule has 0 N–H and O–H groups in total.